The number of benzene rings is 1. The van der Waals surface area contributed by atoms with Crippen molar-refractivity contribution in [2.75, 3.05) is 30.9 Å². The second-order valence-corrected chi connectivity index (χ2v) is 9.36. The van der Waals surface area contributed by atoms with Crippen LogP contribution in [0.1, 0.15) is 6.92 Å². The van der Waals surface area contributed by atoms with Crippen LogP contribution in [-0.2, 0) is 14.6 Å². The topological polar surface area (TPSA) is 92.6 Å². The average Bonchev–Trinajstić information content (AvgIpc) is 3.02. The minimum Gasteiger partial charge on any atom is -0.491 e. The fourth-order valence-electron chi connectivity index (χ4n) is 3.32. The Kier molecular flexibility index (Phi) is 4.53. The number of rotatable bonds is 3. The Bertz CT molecular complexity index is 1110. The van der Waals surface area contributed by atoms with Crippen molar-refractivity contribution in [3.8, 4) is 17.0 Å². The summed E-state index contributed by atoms with van der Waals surface area (Å²) in [4.78, 5) is 6.95. The van der Waals surface area contributed by atoms with E-state index in [-0.39, 0.29) is 16.8 Å². The number of sulfone groups is 1. The van der Waals surface area contributed by atoms with Crippen LogP contribution in [0, 0.1) is 0 Å². The molecule has 142 valence electrons. The maximum absolute atomic E-state index is 12.3. The molecule has 27 heavy (non-hydrogen) atoms. The first-order valence-corrected chi connectivity index (χ1v) is 11.2. The van der Waals surface area contributed by atoms with Crippen molar-refractivity contribution in [3.05, 3.63) is 30.3 Å². The molecule has 1 aromatic carbocycles. The third kappa shape index (κ3) is 3.26. The van der Waals surface area contributed by atoms with Gasteiger partial charge in [0.1, 0.15) is 11.3 Å². The Morgan fingerprint density at radius 1 is 1.30 bits per heavy atom. The molecule has 0 bridgehead atoms. The number of fused-ring (bicyclic) bond motifs is 1. The molecule has 1 fully saturated rings. The first-order chi connectivity index (χ1) is 12.9. The predicted octanol–water partition coefficient (Wildman–Crippen LogP) is 2.69. The Morgan fingerprint density at radius 2 is 2.07 bits per heavy atom. The van der Waals surface area contributed by atoms with Crippen LogP contribution in [0.2, 0.25) is 0 Å². The minimum absolute atomic E-state index is 0.121. The van der Waals surface area contributed by atoms with E-state index in [2.05, 4.69) is 14.3 Å². The number of hydrogen-bond donors (Lipinski definition) is 1. The predicted molar refractivity (Wildman–Crippen MR) is 105 cm³/mol. The molecule has 1 N–H and O–H groups in total. The van der Waals surface area contributed by atoms with Gasteiger partial charge >= 0.3 is 0 Å². The van der Waals surface area contributed by atoms with E-state index in [0.29, 0.717) is 46.9 Å². The summed E-state index contributed by atoms with van der Waals surface area (Å²) >= 11 is 1.11. The molecule has 0 radical (unpaired) electrons. The molecule has 0 spiro atoms. The standard InChI is InChI=1S/C18H19N3O4S2/c1-11-10-25-8-7-21(11)15-9-13(17-16(19-15)18(22)20-26-17)12-5-3-4-6-14(12)27(2,23)24/h3-6,9,11H,7-8,10H2,1-2H3,(H,20,22)/t11-/m1/s1. The highest BCUT2D eigenvalue weighted by Crippen LogP contribution is 2.40. The third-order valence-corrected chi connectivity index (χ3v) is 6.65. The van der Waals surface area contributed by atoms with E-state index in [4.69, 9.17) is 4.74 Å². The molecule has 1 saturated heterocycles. The van der Waals surface area contributed by atoms with Gasteiger partial charge in [-0.05, 0) is 30.6 Å². The molecule has 2 aromatic heterocycles. The number of pyridine rings is 1. The van der Waals surface area contributed by atoms with Crippen LogP contribution in [0.5, 0.6) is 5.88 Å². The van der Waals surface area contributed by atoms with Gasteiger partial charge in [-0.15, -0.1) is 0 Å². The van der Waals surface area contributed by atoms with Gasteiger partial charge in [0.2, 0.25) is 5.88 Å². The summed E-state index contributed by atoms with van der Waals surface area (Å²) in [6, 6.07) is 8.87. The second kappa shape index (κ2) is 6.74. The van der Waals surface area contributed by atoms with E-state index in [1.165, 1.54) is 6.26 Å². The number of morpholine rings is 1. The van der Waals surface area contributed by atoms with Crippen LogP contribution in [0.3, 0.4) is 0 Å². The molecule has 0 saturated carbocycles. The van der Waals surface area contributed by atoms with E-state index in [0.717, 1.165) is 11.5 Å². The molecule has 9 heteroatoms. The highest BCUT2D eigenvalue weighted by molar-refractivity contribution is 7.90. The lowest BCUT2D eigenvalue weighted by molar-refractivity contribution is 0.0986. The number of hydrogen-bond acceptors (Lipinski definition) is 8. The van der Waals surface area contributed by atoms with Gasteiger partial charge in [-0.2, -0.15) is 4.37 Å². The molecule has 1 atom stereocenters. The Hall–Kier alpha value is -2.23. The van der Waals surface area contributed by atoms with E-state index >= 15 is 0 Å². The van der Waals surface area contributed by atoms with E-state index in [1.54, 1.807) is 24.3 Å². The fraction of sp³-hybridized carbons (Fsp3) is 0.333. The van der Waals surface area contributed by atoms with Crippen molar-refractivity contribution >= 4 is 37.4 Å². The average molecular weight is 406 g/mol. The van der Waals surface area contributed by atoms with Gasteiger partial charge in [0.05, 0.1) is 28.9 Å². The second-order valence-electron chi connectivity index (χ2n) is 6.60. The molecular weight excluding hydrogens is 386 g/mol. The molecule has 1 aliphatic rings. The summed E-state index contributed by atoms with van der Waals surface area (Å²) in [5, 5.41) is 10.2. The van der Waals surface area contributed by atoms with Crippen LogP contribution in [0.15, 0.2) is 35.2 Å². The van der Waals surface area contributed by atoms with E-state index in [9.17, 15) is 13.5 Å². The SMILES string of the molecule is C[C@@H]1COCCN1c1cc(-c2ccccc2S(C)(=O)=O)c2snc(O)c2n1. The summed E-state index contributed by atoms with van der Waals surface area (Å²) in [7, 11) is -3.42. The normalized spacial score (nSPS) is 18.1. The van der Waals surface area contributed by atoms with Crippen molar-refractivity contribution in [3.63, 3.8) is 0 Å². The van der Waals surface area contributed by atoms with Crippen LogP contribution in [0.4, 0.5) is 5.82 Å². The van der Waals surface area contributed by atoms with E-state index in [1.807, 2.05) is 13.0 Å². The molecule has 0 unspecified atom stereocenters. The molecule has 3 aromatic rings. The Balaban J connectivity index is 1.99. The highest BCUT2D eigenvalue weighted by atomic mass is 32.2. The van der Waals surface area contributed by atoms with Gasteiger partial charge in [0.15, 0.2) is 9.84 Å². The van der Waals surface area contributed by atoms with Crippen LogP contribution >= 0.6 is 11.5 Å². The molecule has 0 amide bonds. The summed E-state index contributed by atoms with van der Waals surface area (Å²) in [5.41, 5.74) is 1.67. The zero-order valence-corrected chi connectivity index (χ0v) is 16.5. The van der Waals surface area contributed by atoms with Crippen LogP contribution in [-0.4, -0.2) is 54.9 Å². The van der Waals surface area contributed by atoms with Crippen molar-refractivity contribution in [1.82, 2.24) is 9.36 Å². The van der Waals surface area contributed by atoms with Crippen molar-refractivity contribution < 1.29 is 18.3 Å². The maximum Gasteiger partial charge on any atom is 0.249 e. The molecule has 4 rings (SSSR count). The maximum atomic E-state index is 12.3. The van der Waals surface area contributed by atoms with Crippen LogP contribution < -0.4 is 4.90 Å². The Labute approximate surface area is 161 Å². The minimum atomic E-state index is -3.42. The van der Waals surface area contributed by atoms with Crippen molar-refractivity contribution in [2.45, 2.75) is 17.9 Å². The number of anilines is 1. The zero-order valence-electron chi connectivity index (χ0n) is 14.9. The lowest BCUT2D eigenvalue weighted by Crippen LogP contribution is -2.44. The lowest BCUT2D eigenvalue weighted by atomic mass is 10.1. The Morgan fingerprint density at radius 3 is 2.81 bits per heavy atom. The first-order valence-electron chi connectivity index (χ1n) is 8.49. The van der Waals surface area contributed by atoms with Gasteiger partial charge < -0.3 is 14.7 Å². The van der Waals surface area contributed by atoms with E-state index < -0.39 is 9.84 Å². The lowest BCUT2D eigenvalue weighted by Gasteiger charge is -2.34. The monoisotopic (exact) mass is 405 g/mol. The summed E-state index contributed by atoms with van der Waals surface area (Å²) in [6.07, 6.45) is 1.19. The van der Waals surface area contributed by atoms with Crippen molar-refractivity contribution in [2.24, 2.45) is 0 Å². The van der Waals surface area contributed by atoms with Gasteiger partial charge in [-0.3, -0.25) is 0 Å². The molecule has 0 aliphatic carbocycles. The van der Waals surface area contributed by atoms with Gasteiger partial charge in [0, 0.05) is 23.9 Å². The first kappa shape index (κ1) is 18.1. The fourth-order valence-corrected chi connectivity index (χ4v) is 4.98. The largest absolute Gasteiger partial charge is 0.491 e. The van der Waals surface area contributed by atoms with Gasteiger partial charge in [-0.1, -0.05) is 18.2 Å². The number of nitrogens with zero attached hydrogens (tertiary/aromatic N) is 3. The van der Waals surface area contributed by atoms with Crippen molar-refractivity contribution in [1.29, 1.82) is 0 Å². The van der Waals surface area contributed by atoms with Gasteiger partial charge in [0.25, 0.3) is 0 Å². The van der Waals surface area contributed by atoms with Gasteiger partial charge in [-0.25, -0.2) is 13.4 Å². The molecule has 7 nitrogen and oxygen atoms in total. The smallest absolute Gasteiger partial charge is 0.249 e. The quantitative estimate of drug-likeness (QED) is 0.716. The number of aromatic hydroxyl groups is 1. The number of aromatic nitrogens is 2. The molecule has 3 heterocycles. The summed E-state index contributed by atoms with van der Waals surface area (Å²) in [6.45, 7) is 3.89. The summed E-state index contributed by atoms with van der Waals surface area (Å²) < 4.78 is 34.8. The van der Waals surface area contributed by atoms with Crippen LogP contribution in [0.25, 0.3) is 21.3 Å². The molecule has 1 aliphatic heterocycles. The zero-order chi connectivity index (χ0) is 19.2. The third-order valence-electron chi connectivity index (χ3n) is 4.63. The number of ether oxygens (including phenoxy) is 1. The summed E-state index contributed by atoms with van der Waals surface area (Å²) in [5.74, 6) is 0.531. The highest BCUT2D eigenvalue weighted by Gasteiger charge is 2.25. The molecular formula is C18H19N3O4S2.